The molecule has 188 valence electrons. The van der Waals surface area contributed by atoms with Crippen LogP contribution in [-0.4, -0.2) is 52.0 Å². The second-order valence-electron chi connectivity index (χ2n) is 9.07. The molecule has 2 aliphatic rings. The molecule has 1 atom stereocenters. The lowest BCUT2D eigenvalue weighted by atomic mass is 10.0. The van der Waals surface area contributed by atoms with E-state index in [2.05, 4.69) is 41.4 Å². The van der Waals surface area contributed by atoms with Crippen LogP contribution in [0.5, 0.6) is 0 Å². The van der Waals surface area contributed by atoms with Gasteiger partial charge in [-0.15, -0.1) is 0 Å². The molecule has 2 aromatic carbocycles. The first-order chi connectivity index (χ1) is 17.4. The van der Waals surface area contributed by atoms with Crippen molar-refractivity contribution in [3.8, 4) is 0 Å². The van der Waals surface area contributed by atoms with Crippen LogP contribution in [0.2, 0.25) is 0 Å². The Bertz CT molecular complexity index is 1210. The Labute approximate surface area is 215 Å². The van der Waals surface area contributed by atoms with E-state index in [1.54, 1.807) is 0 Å². The Morgan fingerprint density at radius 3 is 2.56 bits per heavy atom. The molecule has 0 bridgehead atoms. The molecule has 1 unspecified atom stereocenters. The van der Waals surface area contributed by atoms with Gasteiger partial charge in [0, 0.05) is 17.8 Å². The van der Waals surface area contributed by atoms with Gasteiger partial charge in [-0.25, -0.2) is 9.89 Å². The monoisotopic (exact) mass is 505 g/mol. The molecule has 9 heteroatoms. The zero-order valence-electron chi connectivity index (χ0n) is 20.8. The zero-order chi connectivity index (χ0) is 25.7. The number of hydrogen-bond donors (Lipinski definition) is 2. The van der Waals surface area contributed by atoms with Crippen molar-refractivity contribution in [3.05, 3.63) is 59.7 Å². The quantitative estimate of drug-likeness (QED) is 0.492. The molecule has 0 saturated carbocycles. The number of fused-ring (bicyclic) bond motifs is 3. The second kappa shape index (κ2) is 11.5. The van der Waals surface area contributed by atoms with E-state index in [1.807, 2.05) is 48.5 Å². The van der Waals surface area contributed by atoms with E-state index in [-0.39, 0.29) is 29.9 Å². The van der Waals surface area contributed by atoms with Crippen LogP contribution in [0, 0.1) is 0 Å². The van der Waals surface area contributed by atoms with Crippen LogP contribution < -0.4 is 10.6 Å². The maximum absolute atomic E-state index is 13.3. The maximum atomic E-state index is 13.3. The summed E-state index contributed by atoms with van der Waals surface area (Å²) < 4.78 is 0. The predicted molar refractivity (Wildman–Crippen MR) is 145 cm³/mol. The molecule has 2 aliphatic heterocycles. The van der Waals surface area contributed by atoms with Crippen LogP contribution in [-0.2, 0) is 14.4 Å². The minimum atomic E-state index is -0.813. The fourth-order valence-corrected chi connectivity index (χ4v) is 4.76. The molecular formula is C27H31N5O3S. The minimum absolute atomic E-state index is 0.0183. The minimum Gasteiger partial charge on any atom is -0.356 e. The molecule has 3 amide bonds. The van der Waals surface area contributed by atoms with Crippen molar-refractivity contribution in [3.63, 3.8) is 0 Å². The first-order valence-corrected chi connectivity index (χ1v) is 13.2. The number of thioether (sulfide) groups is 1. The lowest BCUT2D eigenvalue weighted by Crippen LogP contribution is -2.42. The van der Waals surface area contributed by atoms with E-state index in [4.69, 9.17) is 0 Å². The van der Waals surface area contributed by atoms with E-state index < -0.39 is 6.04 Å². The molecule has 8 nitrogen and oxygen atoms in total. The molecule has 0 radical (unpaired) electrons. The molecule has 0 aromatic heterocycles. The lowest BCUT2D eigenvalue weighted by Gasteiger charge is -2.25. The highest BCUT2D eigenvalue weighted by Crippen LogP contribution is 2.34. The van der Waals surface area contributed by atoms with E-state index in [0.717, 1.165) is 24.1 Å². The van der Waals surface area contributed by atoms with Gasteiger partial charge in [0.1, 0.15) is 11.9 Å². The molecule has 0 saturated heterocycles. The number of rotatable bonds is 9. The van der Waals surface area contributed by atoms with Crippen LogP contribution in [0.4, 0.5) is 11.4 Å². The van der Waals surface area contributed by atoms with Gasteiger partial charge < -0.3 is 10.6 Å². The second-order valence-corrected chi connectivity index (χ2v) is 10.0. The Kier molecular flexibility index (Phi) is 8.20. The third-order valence-corrected chi connectivity index (χ3v) is 6.91. The number of hydrogen-bond acceptors (Lipinski definition) is 6. The van der Waals surface area contributed by atoms with Crippen LogP contribution in [0.3, 0.4) is 0 Å². The number of nitrogens with one attached hydrogen (secondary N) is 2. The van der Waals surface area contributed by atoms with Gasteiger partial charge in [-0.2, -0.15) is 0 Å². The van der Waals surface area contributed by atoms with Crippen molar-refractivity contribution < 1.29 is 14.4 Å². The van der Waals surface area contributed by atoms with Crippen LogP contribution in [0.1, 0.15) is 57.1 Å². The van der Waals surface area contributed by atoms with Crippen LogP contribution in [0.15, 0.2) is 58.5 Å². The van der Waals surface area contributed by atoms with Gasteiger partial charge in [0.2, 0.25) is 11.8 Å². The summed E-state index contributed by atoms with van der Waals surface area (Å²) in [5, 5.41) is 6.13. The summed E-state index contributed by atoms with van der Waals surface area (Å²) in [5.41, 5.74) is 3.33. The van der Waals surface area contributed by atoms with Gasteiger partial charge in [-0.3, -0.25) is 19.4 Å². The maximum Gasteiger partial charge on any atom is 0.259 e. The van der Waals surface area contributed by atoms with Crippen molar-refractivity contribution in [2.75, 3.05) is 17.6 Å². The predicted octanol–water partition coefficient (Wildman–Crippen LogP) is 4.45. The zero-order valence-corrected chi connectivity index (χ0v) is 21.6. The van der Waals surface area contributed by atoms with Crippen LogP contribution in [0.25, 0.3) is 0 Å². The summed E-state index contributed by atoms with van der Waals surface area (Å²) in [7, 11) is 0. The van der Waals surface area contributed by atoms with Gasteiger partial charge in [-0.1, -0.05) is 63.2 Å². The number of amidine groups is 2. The topological polar surface area (TPSA) is 103 Å². The van der Waals surface area contributed by atoms with Gasteiger partial charge in [0.25, 0.3) is 5.91 Å². The van der Waals surface area contributed by atoms with Crippen molar-refractivity contribution >= 4 is 51.9 Å². The fourth-order valence-electron chi connectivity index (χ4n) is 3.96. The summed E-state index contributed by atoms with van der Waals surface area (Å²) >= 11 is 1.18. The molecule has 0 spiro atoms. The highest BCUT2D eigenvalue weighted by molar-refractivity contribution is 8.14. The number of para-hydroxylation sites is 1. The van der Waals surface area contributed by atoms with Gasteiger partial charge in [0.05, 0.1) is 17.9 Å². The molecule has 36 heavy (non-hydrogen) atoms. The number of unbranched alkanes of at least 4 members (excludes halogenated alkanes) is 1. The Hall–Kier alpha value is -3.46. The SMILES string of the molecule is CCCCNC(=O)CC1N=C2c3ccccc3N=C(SCC(=O)Nc3ccc(C(C)C)cc3)N2C1=O. The van der Waals surface area contributed by atoms with Crippen molar-refractivity contribution in [1.29, 1.82) is 0 Å². The van der Waals surface area contributed by atoms with Crippen molar-refractivity contribution in [2.24, 2.45) is 9.98 Å². The number of amides is 3. The molecule has 0 fully saturated rings. The largest absolute Gasteiger partial charge is 0.356 e. The van der Waals surface area contributed by atoms with Crippen LogP contribution >= 0.6 is 11.8 Å². The molecule has 2 heterocycles. The molecule has 4 rings (SSSR count). The number of carbonyl (C=O) groups is 3. The Balaban J connectivity index is 1.45. The van der Waals surface area contributed by atoms with E-state index in [0.29, 0.717) is 29.2 Å². The first-order valence-electron chi connectivity index (χ1n) is 12.3. The normalized spacial score (nSPS) is 16.3. The number of nitrogens with zero attached hydrogens (tertiary/aromatic N) is 3. The molecular weight excluding hydrogens is 474 g/mol. The third kappa shape index (κ3) is 5.84. The number of carbonyl (C=O) groups excluding carboxylic acids is 3. The third-order valence-electron chi connectivity index (χ3n) is 5.97. The molecule has 2 N–H and O–H groups in total. The summed E-state index contributed by atoms with van der Waals surface area (Å²) in [5.74, 6) is 0.263. The fraction of sp³-hybridized carbons (Fsp3) is 0.370. The summed E-state index contributed by atoms with van der Waals surface area (Å²) in [4.78, 5) is 49.0. The van der Waals surface area contributed by atoms with Gasteiger partial charge >= 0.3 is 0 Å². The summed E-state index contributed by atoms with van der Waals surface area (Å²) in [6, 6.07) is 14.4. The number of benzene rings is 2. The summed E-state index contributed by atoms with van der Waals surface area (Å²) in [6.45, 7) is 6.87. The smallest absolute Gasteiger partial charge is 0.259 e. The van der Waals surface area contributed by atoms with E-state index in [1.165, 1.54) is 22.2 Å². The van der Waals surface area contributed by atoms with Crippen molar-refractivity contribution in [2.45, 2.75) is 52.0 Å². The summed E-state index contributed by atoms with van der Waals surface area (Å²) in [6.07, 6.45) is 1.84. The lowest BCUT2D eigenvalue weighted by molar-refractivity contribution is -0.128. The van der Waals surface area contributed by atoms with Gasteiger partial charge in [0.15, 0.2) is 5.17 Å². The van der Waals surface area contributed by atoms with Gasteiger partial charge in [-0.05, 0) is 42.2 Å². The van der Waals surface area contributed by atoms with E-state index in [9.17, 15) is 14.4 Å². The average molecular weight is 506 g/mol. The molecule has 2 aromatic rings. The Morgan fingerprint density at radius 2 is 1.83 bits per heavy atom. The van der Waals surface area contributed by atoms with E-state index >= 15 is 0 Å². The highest BCUT2D eigenvalue weighted by Gasteiger charge is 2.42. The molecule has 0 aliphatic carbocycles. The van der Waals surface area contributed by atoms with Crippen molar-refractivity contribution in [1.82, 2.24) is 10.2 Å². The highest BCUT2D eigenvalue weighted by atomic mass is 32.2. The standard InChI is InChI=1S/C27H31N5O3S/c1-4-5-14-28-23(33)15-22-26(35)32-25(30-22)20-8-6-7-9-21(20)31-27(32)36-16-24(34)29-19-12-10-18(11-13-19)17(2)3/h6-13,17,22H,4-5,14-16H2,1-3H3,(H,28,33)(H,29,34). The first kappa shape index (κ1) is 25.6. The average Bonchev–Trinajstić information content (AvgIpc) is 3.19. The number of aliphatic imine (C=N–C) groups is 2. The number of anilines is 1. The Morgan fingerprint density at radius 1 is 1.08 bits per heavy atom.